The summed E-state index contributed by atoms with van der Waals surface area (Å²) in [5, 5.41) is 5.53. The minimum atomic E-state index is -0.440. The van der Waals surface area contributed by atoms with Crippen LogP contribution in [-0.4, -0.2) is 43.5 Å². The van der Waals surface area contributed by atoms with Gasteiger partial charge >= 0.3 is 6.03 Å². The molecule has 6 nitrogen and oxygen atoms in total. The number of urea groups is 1. The number of rotatable bonds is 8. The topological polar surface area (TPSA) is 64.7 Å². The van der Waals surface area contributed by atoms with Gasteiger partial charge in [0.1, 0.15) is 5.82 Å². The molecule has 2 aromatic carbocycles. The van der Waals surface area contributed by atoms with Crippen molar-refractivity contribution in [2.45, 2.75) is 40.3 Å². The van der Waals surface area contributed by atoms with Crippen LogP contribution in [0.2, 0.25) is 0 Å². The zero-order chi connectivity index (χ0) is 23.1. The first kappa shape index (κ1) is 24.2. The maximum atomic E-state index is 13.8. The molecule has 2 aromatic rings. The smallest absolute Gasteiger partial charge is 0.319 e. The van der Waals surface area contributed by atoms with Crippen LogP contribution in [0.4, 0.5) is 20.6 Å². The normalized spacial score (nSPS) is 11.7. The first-order chi connectivity index (χ1) is 14.6. The average molecular weight is 429 g/mol. The van der Waals surface area contributed by atoms with Gasteiger partial charge in [-0.1, -0.05) is 19.9 Å². The standard InChI is InChI=1S/C24H33FN4O2/c1-7-26-24(31)27-21-11-12-22(28(5)6)19(14-21)15-29(17(4)16(2)3)23(30)18-9-8-10-20(25)13-18/h8-14,16-17H,7,15H2,1-6H3,(H2,26,27,31). The van der Waals surface area contributed by atoms with Crippen LogP contribution in [-0.2, 0) is 6.54 Å². The molecule has 2 rings (SSSR count). The number of carbonyl (C=O) groups is 2. The van der Waals surface area contributed by atoms with E-state index in [9.17, 15) is 14.0 Å². The number of hydrogen-bond acceptors (Lipinski definition) is 3. The average Bonchev–Trinajstić information content (AvgIpc) is 2.71. The van der Waals surface area contributed by atoms with Crippen molar-refractivity contribution in [3.05, 3.63) is 59.4 Å². The van der Waals surface area contributed by atoms with E-state index in [1.54, 1.807) is 17.0 Å². The van der Waals surface area contributed by atoms with Gasteiger partial charge in [-0.05, 0) is 61.7 Å². The fraction of sp³-hybridized carbons (Fsp3) is 0.417. The minimum absolute atomic E-state index is 0.0780. The molecule has 0 bridgehead atoms. The number of hydrogen-bond donors (Lipinski definition) is 2. The zero-order valence-corrected chi connectivity index (χ0v) is 19.2. The third-order valence-electron chi connectivity index (χ3n) is 5.29. The van der Waals surface area contributed by atoms with Gasteiger partial charge in [0.15, 0.2) is 0 Å². The number of carbonyl (C=O) groups excluding carboxylic acids is 2. The lowest BCUT2D eigenvalue weighted by molar-refractivity contribution is 0.0628. The molecule has 31 heavy (non-hydrogen) atoms. The number of nitrogens with zero attached hydrogens (tertiary/aromatic N) is 2. The van der Waals surface area contributed by atoms with E-state index in [1.165, 1.54) is 12.1 Å². The molecule has 0 saturated carbocycles. The van der Waals surface area contributed by atoms with Crippen LogP contribution in [0, 0.1) is 11.7 Å². The zero-order valence-electron chi connectivity index (χ0n) is 19.2. The largest absolute Gasteiger partial charge is 0.377 e. The second kappa shape index (κ2) is 10.8. The lowest BCUT2D eigenvalue weighted by Crippen LogP contribution is -2.41. The summed E-state index contributed by atoms with van der Waals surface area (Å²) in [4.78, 5) is 29.0. The first-order valence-corrected chi connectivity index (χ1v) is 10.6. The SMILES string of the molecule is CCNC(=O)Nc1ccc(N(C)C)c(CN(C(=O)c2cccc(F)c2)C(C)C(C)C)c1. The van der Waals surface area contributed by atoms with Crippen LogP contribution in [0.1, 0.15) is 43.6 Å². The van der Waals surface area contributed by atoms with Gasteiger partial charge in [0.2, 0.25) is 0 Å². The summed E-state index contributed by atoms with van der Waals surface area (Å²) < 4.78 is 13.8. The quantitative estimate of drug-likeness (QED) is 0.639. The van der Waals surface area contributed by atoms with E-state index in [-0.39, 0.29) is 23.9 Å². The highest BCUT2D eigenvalue weighted by atomic mass is 19.1. The Balaban J connectivity index is 2.44. The van der Waals surface area contributed by atoms with Crippen molar-refractivity contribution in [3.8, 4) is 0 Å². The predicted molar refractivity (Wildman–Crippen MR) is 124 cm³/mol. The van der Waals surface area contributed by atoms with Crippen molar-refractivity contribution < 1.29 is 14.0 Å². The monoisotopic (exact) mass is 428 g/mol. The van der Waals surface area contributed by atoms with Crippen LogP contribution in [0.3, 0.4) is 0 Å². The molecule has 0 heterocycles. The highest BCUT2D eigenvalue weighted by Crippen LogP contribution is 2.27. The molecule has 0 fully saturated rings. The summed E-state index contributed by atoms with van der Waals surface area (Å²) in [6.45, 7) is 8.80. The number of amides is 3. The molecular formula is C24H33FN4O2. The third-order valence-corrected chi connectivity index (χ3v) is 5.29. The lowest BCUT2D eigenvalue weighted by atomic mass is 10.0. The van der Waals surface area contributed by atoms with Crippen molar-refractivity contribution in [3.63, 3.8) is 0 Å². The summed E-state index contributed by atoms with van der Waals surface area (Å²) in [6, 6.07) is 11.0. The van der Waals surface area contributed by atoms with Crippen LogP contribution in [0.25, 0.3) is 0 Å². The molecule has 0 spiro atoms. The number of anilines is 2. The molecule has 0 aliphatic heterocycles. The molecule has 3 amide bonds. The van der Waals surface area contributed by atoms with E-state index in [1.807, 2.05) is 51.0 Å². The summed E-state index contributed by atoms with van der Waals surface area (Å²) in [5.74, 6) is -0.463. The van der Waals surface area contributed by atoms with E-state index in [0.717, 1.165) is 11.3 Å². The van der Waals surface area contributed by atoms with Crippen LogP contribution in [0.5, 0.6) is 0 Å². The van der Waals surface area contributed by atoms with E-state index >= 15 is 0 Å². The maximum Gasteiger partial charge on any atom is 0.319 e. The van der Waals surface area contributed by atoms with Crippen LogP contribution < -0.4 is 15.5 Å². The number of nitrogens with one attached hydrogen (secondary N) is 2. The Hall–Kier alpha value is -3.09. The van der Waals surface area contributed by atoms with Crippen molar-refractivity contribution in [1.82, 2.24) is 10.2 Å². The fourth-order valence-corrected chi connectivity index (χ4v) is 3.29. The Labute approximate surface area is 184 Å². The highest BCUT2D eigenvalue weighted by Gasteiger charge is 2.25. The second-order valence-corrected chi connectivity index (χ2v) is 8.15. The third kappa shape index (κ3) is 6.44. The van der Waals surface area contributed by atoms with Crippen LogP contribution >= 0.6 is 0 Å². The second-order valence-electron chi connectivity index (χ2n) is 8.15. The predicted octanol–water partition coefficient (Wildman–Crippen LogP) is 4.72. The van der Waals surface area contributed by atoms with Gasteiger partial charge in [-0.25, -0.2) is 9.18 Å². The van der Waals surface area contributed by atoms with Gasteiger partial charge in [-0.3, -0.25) is 4.79 Å². The van der Waals surface area contributed by atoms with Gasteiger partial charge in [0.05, 0.1) is 0 Å². The molecule has 0 aliphatic rings. The van der Waals surface area contributed by atoms with Crippen molar-refractivity contribution in [1.29, 1.82) is 0 Å². The van der Waals surface area contributed by atoms with E-state index < -0.39 is 5.82 Å². The molecule has 0 radical (unpaired) electrons. The van der Waals surface area contributed by atoms with Gasteiger partial charge in [0, 0.05) is 50.2 Å². The summed E-state index contributed by atoms with van der Waals surface area (Å²) in [7, 11) is 3.86. The van der Waals surface area contributed by atoms with Crippen molar-refractivity contribution >= 4 is 23.3 Å². The first-order valence-electron chi connectivity index (χ1n) is 10.6. The van der Waals surface area contributed by atoms with E-state index in [0.29, 0.717) is 24.3 Å². The van der Waals surface area contributed by atoms with Crippen molar-refractivity contribution in [2.24, 2.45) is 5.92 Å². The number of benzene rings is 2. The highest BCUT2D eigenvalue weighted by molar-refractivity contribution is 5.94. The molecule has 1 atom stereocenters. The Morgan fingerprint density at radius 2 is 1.77 bits per heavy atom. The Morgan fingerprint density at radius 3 is 2.35 bits per heavy atom. The summed E-state index contributed by atoms with van der Waals surface area (Å²) in [6.07, 6.45) is 0. The fourth-order valence-electron chi connectivity index (χ4n) is 3.29. The Kier molecular flexibility index (Phi) is 8.42. The molecule has 2 N–H and O–H groups in total. The Bertz CT molecular complexity index is 914. The molecule has 0 saturated heterocycles. The number of halogens is 1. The summed E-state index contributed by atoms with van der Waals surface area (Å²) >= 11 is 0. The Morgan fingerprint density at radius 1 is 1.06 bits per heavy atom. The van der Waals surface area contributed by atoms with Gasteiger partial charge in [-0.2, -0.15) is 0 Å². The molecular weight excluding hydrogens is 395 g/mol. The minimum Gasteiger partial charge on any atom is -0.377 e. The molecule has 7 heteroatoms. The molecule has 0 aliphatic carbocycles. The molecule has 1 unspecified atom stereocenters. The van der Waals surface area contributed by atoms with Gasteiger partial charge in [0.25, 0.3) is 5.91 Å². The van der Waals surface area contributed by atoms with Crippen LogP contribution in [0.15, 0.2) is 42.5 Å². The van der Waals surface area contributed by atoms with E-state index in [4.69, 9.17) is 0 Å². The lowest BCUT2D eigenvalue weighted by Gasteiger charge is -2.33. The molecule has 0 aromatic heterocycles. The van der Waals surface area contributed by atoms with E-state index in [2.05, 4.69) is 24.5 Å². The molecule has 168 valence electrons. The van der Waals surface area contributed by atoms with Crippen molar-refractivity contribution in [2.75, 3.05) is 30.9 Å². The maximum absolute atomic E-state index is 13.8. The van der Waals surface area contributed by atoms with Gasteiger partial charge < -0.3 is 20.4 Å². The summed E-state index contributed by atoms with van der Waals surface area (Å²) in [5.41, 5.74) is 2.78. The van der Waals surface area contributed by atoms with Gasteiger partial charge in [-0.15, -0.1) is 0 Å².